The molecule has 0 aliphatic heterocycles. The number of nitrogens with zero attached hydrogens (tertiary/aromatic N) is 2. The predicted octanol–water partition coefficient (Wildman–Crippen LogP) is 3.94. The molecule has 2 heterocycles. The lowest BCUT2D eigenvalue weighted by atomic mass is 10.2. The number of H-pyrrole nitrogens is 1. The summed E-state index contributed by atoms with van der Waals surface area (Å²) >= 11 is 12.0. The summed E-state index contributed by atoms with van der Waals surface area (Å²) in [6, 6.07) is 7.55. The number of pyridine rings is 1. The van der Waals surface area contributed by atoms with Crippen LogP contribution in [0, 0.1) is 0 Å². The summed E-state index contributed by atoms with van der Waals surface area (Å²) in [5.41, 5.74) is 2.10. The highest BCUT2D eigenvalue weighted by Crippen LogP contribution is 2.30. The second kappa shape index (κ2) is 4.72. The van der Waals surface area contributed by atoms with Crippen molar-refractivity contribution in [1.82, 2.24) is 15.0 Å². The van der Waals surface area contributed by atoms with E-state index in [1.807, 2.05) is 24.3 Å². The molecule has 1 aromatic carbocycles. The molecule has 96 valence electrons. The monoisotopic (exact) mass is 293 g/mol. The Morgan fingerprint density at radius 1 is 1.16 bits per heavy atom. The number of fused-ring (bicyclic) bond motifs is 1. The van der Waals surface area contributed by atoms with E-state index in [1.54, 1.807) is 7.11 Å². The smallest absolute Gasteiger partial charge is 0.179 e. The van der Waals surface area contributed by atoms with Crippen molar-refractivity contribution in [3.05, 3.63) is 40.5 Å². The molecule has 0 radical (unpaired) electrons. The summed E-state index contributed by atoms with van der Waals surface area (Å²) in [7, 11) is 1.63. The summed E-state index contributed by atoms with van der Waals surface area (Å²) in [4.78, 5) is 11.7. The molecule has 19 heavy (non-hydrogen) atoms. The van der Waals surface area contributed by atoms with Crippen LogP contribution >= 0.6 is 23.2 Å². The summed E-state index contributed by atoms with van der Waals surface area (Å²) in [6.45, 7) is 0. The maximum Gasteiger partial charge on any atom is 0.179 e. The van der Waals surface area contributed by atoms with Crippen molar-refractivity contribution in [3.8, 4) is 17.1 Å². The Morgan fingerprint density at radius 3 is 2.58 bits per heavy atom. The maximum absolute atomic E-state index is 6.11. The summed E-state index contributed by atoms with van der Waals surface area (Å²) in [5, 5.41) is 0.832. The molecule has 0 aliphatic rings. The van der Waals surface area contributed by atoms with E-state index in [2.05, 4.69) is 15.0 Å². The van der Waals surface area contributed by atoms with Crippen molar-refractivity contribution >= 4 is 34.4 Å². The molecule has 0 atom stereocenters. The third kappa shape index (κ3) is 2.13. The number of aromatic nitrogens is 3. The van der Waals surface area contributed by atoms with Gasteiger partial charge in [-0.3, -0.25) is 0 Å². The van der Waals surface area contributed by atoms with E-state index in [9.17, 15) is 0 Å². The summed E-state index contributed by atoms with van der Waals surface area (Å²) in [5.74, 6) is 1.48. The minimum Gasteiger partial charge on any atom is -0.497 e. The number of nitrogens with one attached hydrogen (secondary N) is 1. The Kier molecular flexibility index (Phi) is 3.05. The zero-order valence-electron chi connectivity index (χ0n) is 9.95. The van der Waals surface area contributed by atoms with Gasteiger partial charge in [0, 0.05) is 11.8 Å². The van der Waals surface area contributed by atoms with E-state index in [0.717, 1.165) is 11.3 Å². The third-order valence-corrected chi connectivity index (χ3v) is 3.55. The van der Waals surface area contributed by atoms with E-state index in [0.29, 0.717) is 27.0 Å². The minimum absolute atomic E-state index is 0.402. The Labute approximate surface area is 119 Å². The van der Waals surface area contributed by atoms with Crippen LogP contribution < -0.4 is 4.74 Å². The lowest BCUT2D eigenvalue weighted by Gasteiger charge is -2.00. The first kappa shape index (κ1) is 12.3. The highest BCUT2D eigenvalue weighted by molar-refractivity contribution is 6.44. The van der Waals surface area contributed by atoms with Crippen LogP contribution in [0.3, 0.4) is 0 Å². The maximum atomic E-state index is 6.11. The van der Waals surface area contributed by atoms with Crippen molar-refractivity contribution in [3.63, 3.8) is 0 Å². The first-order valence-corrected chi connectivity index (χ1v) is 6.29. The fourth-order valence-corrected chi connectivity index (χ4v) is 2.11. The van der Waals surface area contributed by atoms with Crippen LogP contribution in [0.2, 0.25) is 10.0 Å². The van der Waals surface area contributed by atoms with Gasteiger partial charge in [0.2, 0.25) is 0 Å². The molecule has 0 saturated heterocycles. The van der Waals surface area contributed by atoms with Crippen molar-refractivity contribution < 1.29 is 4.74 Å². The standard InChI is InChI=1S/C13H9Cl2N3O/c1-19-8-4-2-7(3-5-8)12-17-11-10(15)9(14)6-16-13(11)18-12/h2-6H,1H3,(H,16,17,18). The Hall–Kier alpha value is -1.78. The Balaban J connectivity index is 2.12. The molecule has 0 amide bonds. The molecule has 3 aromatic rings. The molecule has 1 N–H and O–H groups in total. The topological polar surface area (TPSA) is 50.8 Å². The van der Waals surface area contributed by atoms with Crippen molar-refractivity contribution in [2.24, 2.45) is 0 Å². The largest absolute Gasteiger partial charge is 0.497 e. The van der Waals surface area contributed by atoms with E-state index in [4.69, 9.17) is 27.9 Å². The van der Waals surface area contributed by atoms with Crippen LogP contribution in [0.15, 0.2) is 30.5 Å². The van der Waals surface area contributed by atoms with Crippen LogP contribution in [-0.4, -0.2) is 22.1 Å². The minimum atomic E-state index is 0.402. The first-order chi connectivity index (χ1) is 9.19. The average molecular weight is 294 g/mol. The quantitative estimate of drug-likeness (QED) is 0.778. The van der Waals surface area contributed by atoms with Gasteiger partial charge in [0.25, 0.3) is 0 Å². The zero-order chi connectivity index (χ0) is 13.4. The van der Waals surface area contributed by atoms with Gasteiger partial charge in [0.1, 0.15) is 17.1 Å². The molecule has 3 rings (SSSR count). The van der Waals surface area contributed by atoms with E-state index in [-0.39, 0.29) is 0 Å². The molecule has 6 heteroatoms. The van der Waals surface area contributed by atoms with E-state index in [1.165, 1.54) is 6.20 Å². The molecule has 0 saturated carbocycles. The van der Waals surface area contributed by atoms with Crippen molar-refractivity contribution in [1.29, 1.82) is 0 Å². The number of imidazole rings is 1. The average Bonchev–Trinajstić information content (AvgIpc) is 2.88. The molecule has 0 fully saturated rings. The van der Waals surface area contributed by atoms with Gasteiger partial charge in [-0.2, -0.15) is 0 Å². The number of aromatic amines is 1. The number of halogens is 2. The number of methoxy groups -OCH3 is 1. The van der Waals surface area contributed by atoms with Gasteiger partial charge in [0.15, 0.2) is 5.65 Å². The van der Waals surface area contributed by atoms with Gasteiger partial charge in [-0.25, -0.2) is 9.97 Å². The highest BCUT2D eigenvalue weighted by atomic mass is 35.5. The zero-order valence-corrected chi connectivity index (χ0v) is 11.5. The molecule has 4 nitrogen and oxygen atoms in total. The van der Waals surface area contributed by atoms with Crippen LogP contribution in [0.25, 0.3) is 22.6 Å². The predicted molar refractivity (Wildman–Crippen MR) is 75.9 cm³/mol. The second-order valence-electron chi connectivity index (χ2n) is 3.93. The van der Waals surface area contributed by atoms with Gasteiger partial charge in [0.05, 0.1) is 17.2 Å². The summed E-state index contributed by atoms with van der Waals surface area (Å²) in [6.07, 6.45) is 1.49. The number of rotatable bonds is 2. The van der Waals surface area contributed by atoms with Crippen LogP contribution in [0.5, 0.6) is 5.75 Å². The number of benzene rings is 1. The number of hydrogen-bond acceptors (Lipinski definition) is 3. The van der Waals surface area contributed by atoms with E-state index >= 15 is 0 Å². The molecular formula is C13H9Cl2N3O. The van der Waals surface area contributed by atoms with Crippen LogP contribution in [0.4, 0.5) is 0 Å². The fourth-order valence-electron chi connectivity index (χ4n) is 1.79. The Bertz CT molecular complexity index is 737. The van der Waals surface area contributed by atoms with Crippen LogP contribution in [0.1, 0.15) is 0 Å². The highest BCUT2D eigenvalue weighted by Gasteiger charge is 2.11. The van der Waals surface area contributed by atoms with Crippen LogP contribution in [-0.2, 0) is 0 Å². The number of ether oxygens (including phenoxy) is 1. The van der Waals surface area contributed by atoms with Gasteiger partial charge in [-0.15, -0.1) is 0 Å². The molecule has 0 aliphatic carbocycles. The van der Waals surface area contributed by atoms with Gasteiger partial charge in [-0.05, 0) is 24.3 Å². The molecule has 0 unspecified atom stereocenters. The molecular weight excluding hydrogens is 285 g/mol. The fraction of sp³-hybridized carbons (Fsp3) is 0.0769. The normalized spacial score (nSPS) is 10.9. The van der Waals surface area contributed by atoms with Crippen molar-refractivity contribution in [2.45, 2.75) is 0 Å². The molecule has 0 spiro atoms. The van der Waals surface area contributed by atoms with E-state index < -0.39 is 0 Å². The molecule has 2 aromatic heterocycles. The third-order valence-electron chi connectivity index (χ3n) is 2.78. The Morgan fingerprint density at radius 2 is 1.89 bits per heavy atom. The van der Waals surface area contributed by atoms with Gasteiger partial charge in [-0.1, -0.05) is 23.2 Å². The summed E-state index contributed by atoms with van der Waals surface area (Å²) < 4.78 is 5.12. The first-order valence-electron chi connectivity index (χ1n) is 5.53. The molecule has 0 bridgehead atoms. The second-order valence-corrected chi connectivity index (χ2v) is 4.72. The van der Waals surface area contributed by atoms with Gasteiger partial charge < -0.3 is 9.72 Å². The lowest BCUT2D eigenvalue weighted by Crippen LogP contribution is -1.83. The lowest BCUT2D eigenvalue weighted by molar-refractivity contribution is 0.415. The van der Waals surface area contributed by atoms with Crippen molar-refractivity contribution in [2.75, 3.05) is 7.11 Å². The van der Waals surface area contributed by atoms with Gasteiger partial charge >= 0.3 is 0 Å². The SMILES string of the molecule is COc1ccc(-c2nc3ncc(Cl)c(Cl)c3[nH]2)cc1. The number of hydrogen-bond donors (Lipinski definition) is 1.